The van der Waals surface area contributed by atoms with Crippen molar-refractivity contribution in [2.75, 3.05) is 32.2 Å². The van der Waals surface area contributed by atoms with Gasteiger partial charge in [0.1, 0.15) is 0 Å². The van der Waals surface area contributed by atoms with Gasteiger partial charge in [0.15, 0.2) is 0 Å². The average Bonchev–Trinajstić information content (AvgIpc) is 2.19. The molecule has 0 aromatic heterocycles. The van der Waals surface area contributed by atoms with Crippen LogP contribution in [0.4, 0.5) is 5.69 Å². The lowest BCUT2D eigenvalue weighted by Crippen LogP contribution is -2.19. The van der Waals surface area contributed by atoms with Crippen molar-refractivity contribution in [3.8, 4) is 0 Å². The normalized spacial score (nSPS) is 10.2. The van der Waals surface area contributed by atoms with Crippen molar-refractivity contribution in [1.82, 2.24) is 0 Å². The zero-order valence-electron chi connectivity index (χ0n) is 9.29. The molecule has 2 nitrogen and oxygen atoms in total. The van der Waals surface area contributed by atoms with E-state index in [-0.39, 0.29) is 0 Å². The summed E-state index contributed by atoms with van der Waals surface area (Å²) in [4.78, 5) is 2.25. The number of benzene rings is 1. The van der Waals surface area contributed by atoms with E-state index in [9.17, 15) is 0 Å². The fraction of sp³-hybridized carbons (Fsp3) is 0.500. The summed E-state index contributed by atoms with van der Waals surface area (Å²) in [6, 6.07) is 8.59. The highest BCUT2D eigenvalue weighted by molar-refractivity contribution is 5.46. The molecule has 0 saturated heterocycles. The second-order valence-corrected chi connectivity index (χ2v) is 3.60. The van der Waals surface area contributed by atoms with Crippen molar-refractivity contribution in [1.29, 1.82) is 0 Å². The molecule has 0 radical (unpaired) electrons. The monoisotopic (exact) mass is 193 g/mol. The molecule has 0 bridgehead atoms. The van der Waals surface area contributed by atoms with Crippen LogP contribution in [0.15, 0.2) is 24.3 Å². The van der Waals surface area contributed by atoms with E-state index in [1.165, 1.54) is 11.3 Å². The Labute approximate surface area is 86.5 Å². The predicted molar refractivity (Wildman–Crippen MR) is 60.9 cm³/mol. The molecule has 0 heterocycles. The first kappa shape index (κ1) is 11.1. The van der Waals surface area contributed by atoms with Crippen LogP contribution in [0.1, 0.15) is 12.0 Å². The molecule has 1 aromatic carbocycles. The summed E-state index contributed by atoms with van der Waals surface area (Å²) in [5, 5.41) is 0. The van der Waals surface area contributed by atoms with Crippen LogP contribution in [0.5, 0.6) is 0 Å². The molecule has 2 heteroatoms. The van der Waals surface area contributed by atoms with Crippen LogP contribution >= 0.6 is 0 Å². The minimum Gasteiger partial charge on any atom is -0.385 e. The maximum Gasteiger partial charge on any atom is 0.0479 e. The number of methoxy groups -OCH3 is 1. The van der Waals surface area contributed by atoms with Gasteiger partial charge in [0.2, 0.25) is 0 Å². The lowest BCUT2D eigenvalue weighted by Gasteiger charge is -2.19. The molecule has 14 heavy (non-hydrogen) atoms. The van der Waals surface area contributed by atoms with Crippen molar-refractivity contribution in [2.24, 2.45) is 0 Å². The summed E-state index contributed by atoms with van der Waals surface area (Å²) < 4.78 is 5.02. The molecule has 78 valence electrons. The largest absolute Gasteiger partial charge is 0.385 e. The molecule has 1 rings (SSSR count). The van der Waals surface area contributed by atoms with E-state index in [1.807, 2.05) is 0 Å². The first-order chi connectivity index (χ1) is 6.74. The molecular formula is C12H19NO. The minimum absolute atomic E-state index is 0.830. The summed E-state index contributed by atoms with van der Waals surface area (Å²) in [5.74, 6) is 0. The third-order valence-electron chi connectivity index (χ3n) is 2.32. The molecular weight excluding hydrogens is 174 g/mol. The SMILES string of the molecule is COCCCN(C)c1ccc(C)cc1. The van der Waals surface area contributed by atoms with Crippen molar-refractivity contribution in [2.45, 2.75) is 13.3 Å². The zero-order valence-corrected chi connectivity index (χ0v) is 9.29. The highest BCUT2D eigenvalue weighted by Gasteiger charge is 1.98. The van der Waals surface area contributed by atoms with Gasteiger partial charge in [-0.05, 0) is 25.5 Å². The minimum atomic E-state index is 0.830. The van der Waals surface area contributed by atoms with Crippen LogP contribution in [0.3, 0.4) is 0 Å². The van der Waals surface area contributed by atoms with Crippen LogP contribution in [-0.4, -0.2) is 27.3 Å². The van der Waals surface area contributed by atoms with Crippen LogP contribution in [0, 0.1) is 6.92 Å². The maximum absolute atomic E-state index is 5.02. The molecule has 0 atom stereocenters. The van der Waals surface area contributed by atoms with Gasteiger partial charge in [0.25, 0.3) is 0 Å². The lowest BCUT2D eigenvalue weighted by atomic mass is 10.2. The highest BCUT2D eigenvalue weighted by atomic mass is 16.5. The fourth-order valence-corrected chi connectivity index (χ4v) is 1.37. The van der Waals surface area contributed by atoms with E-state index in [4.69, 9.17) is 4.74 Å². The molecule has 0 saturated carbocycles. The van der Waals surface area contributed by atoms with Gasteiger partial charge < -0.3 is 9.64 Å². The van der Waals surface area contributed by atoms with Crippen LogP contribution in [0.2, 0.25) is 0 Å². The Morgan fingerprint density at radius 2 is 1.86 bits per heavy atom. The van der Waals surface area contributed by atoms with Crippen molar-refractivity contribution in [3.63, 3.8) is 0 Å². The molecule has 0 aliphatic carbocycles. The summed E-state index contributed by atoms with van der Waals surface area (Å²) >= 11 is 0. The smallest absolute Gasteiger partial charge is 0.0479 e. The van der Waals surface area contributed by atoms with Crippen LogP contribution in [-0.2, 0) is 4.74 Å². The van der Waals surface area contributed by atoms with Gasteiger partial charge in [0, 0.05) is 33.0 Å². The molecule has 1 aromatic rings. The van der Waals surface area contributed by atoms with Gasteiger partial charge in [-0.2, -0.15) is 0 Å². The van der Waals surface area contributed by atoms with Crippen LogP contribution < -0.4 is 4.90 Å². The van der Waals surface area contributed by atoms with Gasteiger partial charge in [-0.15, -0.1) is 0 Å². The Balaban J connectivity index is 2.43. The van der Waals surface area contributed by atoms with E-state index in [0.717, 1.165) is 19.6 Å². The lowest BCUT2D eigenvalue weighted by molar-refractivity contribution is 0.196. The van der Waals surface area contributed by atoms with Gasteiger partial charge in [-0.25, -0.2) is 0 Å². The maximum atomic E-state index is 5.02. The van der Waals surface area contributed by atoms with Gasteiger partial charge in [-0.3, -0.25) is 0 Å². The van der Waals surface area contributed by atoms with Gasteiger partial charge in [0.05, 0.1) is 0 Å². The topological polar surface area (TPSA) is 12.5 Å². The Bertz CT molecular complexity index is 256. The molecule has 0 N–H and O–H groups in total. The number of anilines is 1. The predicted octanol–water partition coefficient (Wildman–Crippen LogP) is 2.47. The summed E-state index contributed by atoms with van der Waals surface area (Å²) in [5.41, 5.74) is 2.57. The number of ether oxygens (including phenoxy) is 1. The number of aryl methyl sites for hydroxylation is 1. The standard InChI is InChI=1S/C12H19NO/c1-11-5-7-12(8-6-11)13(2)9-4-10-14-3/h5-8H,4,9-10H2,1-3H3. The Morgan fingerprint density at radius 3 is 2.43 bits per heavy atom. The second-order valence-electron chi connectivity index (χ2n) is 3.60. The van der Waals surface area contributed by atoms with Crippen LogP contribution in [0.25, 0.3) is 0 Å². The van der Waals surface area contributed by atoms with E-state index in [0.29, 0.717) is 0 Å². The average molecular weight is 193 g/mol. The molecule has 0 fully saturated rings. The molecule has 0 aliphatic rings. The highest BCUT2D eigenvalue weighted by Crippen LogP contribution is 2.13. The quantitative estimate of drug-likeness (QED) is 0.666. The van der Waals surface area contributed by atoms with E-state index in [2.05, 4.69) is 43.1 Å². The molecule has 0 unspecified atom stereocenters. The van der Waals surface area contributed by atoms with Crippen molar-refractivity contribution >= 4 is 5.69 Å². The number of hydrogen-bond donors (Lipinski definition) is 0. The number of nitrogens with zero attached hydrogens (tertiary/aromatic N) is 1. The zero-order chi connectivity index (χ0) is 10.4. The second kappa shape index (κ2) is 5.66. The first-order valence-corrected chi connectivity index (χ1v) is 5.01. The molecule has 0 aliphatic heterocycles. The Kier molecular flexibility index (Phi) is 4.47. The third kappa shape index (κ3) is 3.38. The van der Waals surface area contributed by atoms with Gasteiger partial charge >= 0.3 is 0 Å². The van der Waals surface area contributed by atoms with Crippen molar-refractivity contribution < 1.29 is 4.74 Å². The number of hydrogen-bond acceptors (Lipinski definition) is 2. The van der Waals surface area contributed by atoms with E-state index >= 15 is 0 Å². The first-order valence-electron chi connectivity index (χ1n) is 5.01. The van der Waals surface area contributed by atoms with E-state index < -0.39 is 0 Å². The molecule has 0 amide bonds. The third-order valence-corrected chi connectivity index (χ3v) is 2.32. The Hall–Kier alpha value is -1.02. The fourth-order valence-electron chi connectivity index (χ4n) is 1.37. The van der Waals surface area contributed by atoms with E-state index in [1.54, 1.807) is 7.11 Å². The summed E-state index contributed by atoms with van der Waals surface area (Å²) in [6.07, 6.45) is 1.07. The summed E-state index contributed by atoms with van der Waals surface area (Å²) in [6.45, 7) is 3.97. The number of rotatable bonds is 5. The van der Waals surface area contributed by atoms with Gasteiger partial charge in [-0.1, -0.05) is 17.7 Å². The Morgan fingerprint density at radius 1 is 1.21 bits per heavy atom. The molecule has 0 spiro atoms. The summed E-state index contributed by atoms with van der Waals surface area (Å²) in [7, 11) is 3.85. The van der Waals surface area contributed by atoms with Crippen molar-refractivity contribution in [3.05, 3.63) is 29.8 Å².